The van der Waals surface area contributed by atoms with Crippen LogP contribution in [-0.4, -0.2) is 32.4 Å². The van der Waals surface area contributed by atoms with Gasteiger partial charge < -0.3 is 14.2 Å². The van der Waals surface area contributed by atoms with Crippen LogP contribution in [-0.2, 0) is 14.3 Å². The van der Waals surface area contributed by atoms with Crippen LogP contribution in [0.25, 0.3) is 6.08 Å². The molecule has 26 heavy (non-hydrogen) atoms. The largest absolute Gasteiger partial charge is 0.497 e. The van der Waals surface area contributed by atoms with Gasteiger partial charge in [0.25, 0.3) is 0 Å². The first-order valence-corrected chi connectivity index (χ1v) is 9.73. The Kier molecular flexibility index (Phi) is 11.5. The van der Waals surface area contributed by atoms with Crippen molar-refractivity contribution in [2.75, 3.05) is 20.3 Å². The smallest absolute Gasteiger partial charge is 0.331 e. The van der Waals surface area contributed by atoms with Gasteiger partial charge in [-0.25, -0.2) is 4.79 Å². The molecule has 4 heteroatoms. The lowest BCUT2D eigenvalue weighted by atomic mass is 9.93. The molecule has 0 saturated heterocycles. The van der Waals surface area contributed by atoms with E-state index >= 15 is 0 Å². The topological polar surface area (TPSA) is 44.8 Å². The van der Waals surface area contributed by atoms with Crippen LogP contribution in [0.4, 0.5) is 0 Å². The Balaban J connectivity index is 2.60. The average Bonchev–Trinajstić information content (AvgIpc) is 2.67. The maximum Gasteiger partial charge on any atom is 0.331 e. The highest BCUT2D eigenvalue weighted by atomic mass is 16.6. The lowest BCUT2D eigenvalue weighted by molar-refractivity contribution is -0.147. The van der Waals surface area contributed by atoms with Crippen LogP contribution in [0, 0.1) is 5.92 Å². The number of benzene rings is 1. The number of ether oxygens (including phenoxy) is 3. The van der Waals surface area contributed by atoms with Crippen LogP contribution in [0.3, 0.4) is 0 Å². The van der Waals surface area contributed by atoms with E-state index in [-0.39, 0.29) is 12.1 Å². The van der Waals surface area contributed by atoms with Crippen molar-refractivity contribution in [1.82, 2.24) is 0 Å². The molecule has 1 aromatic carbocycles. The summed E-state index contributed by atoms with van der Waals surface area (Å²) in [6, 6.07) is 7.53. The molecular weight excluding hydrogens is 328 g/mol. The van der Waals surface area contributed by atoms with Gasteiger partial charge in [0.1, 0.15) is 11.9 Å². The summed E-state index contributed by atoms with van der Waals surface area (Å²) in [5.41, 5.74) is 0.929. The molecule has 0 heterocycles. The first kappa shape index (κ1) is 22.2. The van der Waals surface area contributed by atoms with E-state index in [0.29, 0.717) is 19.1 Å². The molecule has 146 valence electrons. The fraction of sp³-hybridized carbons (Fsp3) is 0.591. The van der Waals surface area contributed by atoms with E-state index in [0.717, 1.165) is 24.2 Å². The van der Waals surface area contributed by atoms with Crippen LogP contribution in [0.15, 0.2) is 30.3 Å². The second-order valence-corrected chi connectivity index (χ2v) is 6.48. The highest BCUT2D eigenvalue weighted by molar-refractivity contribution is 5.87. The summed E-state index contributed by atoms with van der Waals surface area (Å²) < 4.78 is 16.3. The quantitative estimate of drug-likeness (QED) is 0.354. The van der Waals surface area contributed by atoms with Gasteiger partial charge in [-0.05, 0) is 43.0 Å². The van der Waals surface area contributed by atoms with Gasteiger partial charge in [-0.2, -0.15) is 0 Å². The summed E-state index contributed by atoms with van der Waals surface area (Å²) in [7, 11) is 1.63. The van der Waals surface area contributed by atoms with Crippen molar-refractivity contribution in [1.29, 1.82) is 0 Å². The van der Waals surface area contributed by atoms with Crippen molar-refractivity contribution in [3.8, 4) is 5.75 Å². The highest BCUT2D eigenvalue weighted by Gasteiger charge is 2.18. The van der Waals surface area contributed by atoms with Gasteiger partial charge in [0.2, 0.25) is 0 Å². The molecule has 4 nitrogen and oxygen atoms in total. The van der Waals surface area contributed by atoms with Gasteiger partial charge in [0.05, 0.1) is 13.7 Å². The Morgan fingerprint density at radius 1 is 1.15 bits per heavy atom. The van der Waals surface area contributed by atoms with Crippen molar-refractivity contribution in [3.05, 3.63) is 35.9 Å². The Bertz CT molecular complexity index is 521. The van der Waals surface area contributed by atoms with E-state index in [1.54, 1.807) is 13.2 Å². The molecule has 0 aliphatic carbocycles. The lowest BCUT2D eigenvalue weighted by Gasteiger charge is -2.22. The number of hydrogen-bond donors (Lipinski definition) is 0. The molecule has 0 radical (unpaired) electrons. The normalized spacial score (nSPS) is 13.5. The van der Waals surface area contributed by atoms with E-state index in [1.807, 2.05) is 31.2 Å². The molecule has 1 rings (SSSR count). The minimum Gasteiger partial charge on any atom is -0.497 e. The molecule has 1 aromatic rings. The second-order valence-electron chi connectivity index (χ2n) is 6.48. The monoisotopic (exact) mass is 362 g/mol. The maximum atomic E-state index is 12.2. The van der Waals surface area contributed by atoms with Crippen molar-refractivity contribution >= 4 is 12.0 Å². The predicted octanol–water partition coefficient (Wildman–Crippen LogP) is 5.26. The van der Waals surface area contributed by atoms with Gasteiger partial charge >= 0.3 is 5.97 Å². The molecule has 0 N–H and O–H groups in total. The summed E-state index contributed by atoms with van der Waals surface area (Å²) >= 11 is 0. The molecule has 0 bridgehead atoms. The van der Waals surface area contributed by atoms with Crippen LogP contribution in [0.1, 0.15) is 58.4 Å². The molecule has 0 amide bonds. The maximum absolute atomic E-state index is 12.2. The Morgan fingerprint density at radius 3 is 2.46 bits per heavy atom. The average molecular weight is 363 g/mol. The Morgan fingerprint density at radius 2 is 1.88 bits per heavy atom. The summed E-state index contributed by atoms with van der Waals surface area (Å²) in [4.78, 5) is 12.2. The highest BCUT2D eigenvalue weighted by Crippen LogP contribution is 2.20. The zero-order valence-electron chi connectivity index (χ0n) is 16.7. The fourth-order valence-electron chi connectivity index (χ4n) is 2.84. The van der Waals surface area contributed by atoms with Gasteiger partial charge in [-0.1, -0.05) is 51.7 Å². The lowest BCUT2D eigenvalue weighted by Crippen LogP contribution is -2.25. The summed E-state index contributed by atoms with van der Waals surface area (Å²) in [6.07, 6.45) is 8.59. The number of rotatable bonds is 13. The van der Waals surface area contributed by atoms with E-state index in [1.165, 1.54) is 25.3 Å². The number of carbonyl (C=O) groups is 1. The molecule has 0 fully saturated rings. The number of unbranched alkanes of at least 4 members (excludes halogenated alkanes) is 1. The van der Waals surface area contributed by atoms with Gasteiger partial charge in [0, 0.05) is 12.7 Å². The first-order chi connectivity index (χ1) is 12.6. The molecule has 0 aromatic heterocycles. The molecular formula is C22H34O4. The van der Waals surface area contributed by atoms with Gasteiger partial charge in [-0.3, -0.25) is 0 Å². The Labute approximate surface area is 158 Å². The predicted molar refractivity (Wildman–Crippen MR) is 106 cm³/mol. The number of esters is 1. The molecule has 2 atom stereocenters. The van der Waals surface area contributed by atoms with Gasteiger partial charge in [-0.15, -0.1) is 0 Å². The SMILES string of the molecule is CCCCC(CC)CC(COCC)OC(=O)C=Cc1ccc(OC)cc1. The van der Waals surface area contributed by atoms with Crippen LogP contribution < -0.4 is 4.74 Å². The summed E-state index contributed by atoms with van der Waals surface area (Å²) in [6.45, 7) is 7.44. The third-order valence-electron chi connectivity index (χ3n) is 4.46. The van der Waals surface area contributed by atoms with Crippen LogP contribution >= 0.6 is 0 Å². The van der Waals surface area contributed by atoms with Crippen LogP contribution in [0.5, 0.6) is 5.75 Å². The Hall–Kier alpha value is -1.81. The van der Waals surface area contributed by atoms with Crippen molar-refractivity contribution in [3.63, 3.8) is 0 Å². The zero-order valence-corrected chi connectivity index (χ0v) is 16.7. The molecule has 0 aliphatic heterocycles. The number of hydrogen-bond acceptors (Lipinski definition) is 4. The van der Waals surface area contributed by atoms with Crippen molar-refractivity contribution < 1.29 is 19.0 Å². The minimum absolute atomic E-state index is 0.190. The standard InChI is InChI=1S/C22H34O4/c1-5-8-9-18(6-2)16-21(17-25-7-3)26-22(23)15-12-19-10-13-20(24-4)14-11-19/h10-15,18,21H,5-9,16-17H2,1-4H3. The van der Waals surface area contributed by atoms with E-state index in [2.05, 4.69) is 13.8 Å². The molecule has 0 aliphatic rings. The third-order valence-corrected chi connectivity index (χ3v) is 4.46. The zero-order chi connectivity index (χ0) is 19.2. The number of methoxy groups -OCH3 is 1. The summed E-state index contributed by atoms with van der Waals surface area (Å²) in [5.74, 6) is 1.04. The van der Waals surface area contributed by atoms with E-state index < -0.39 is 0 Å². The fourth-order valence-corrected chi connectivity index (χ4v) is 2.84. The summed E-state index contributed by atoms with van der Waals surface area (Å²) in [5, 5.41) is 0. The van der Waals surface area contributed by atoms with E-state index in [9.17, 15) is 4.79 Å². The molecule has 0 saturated carbocycles. The van der Waals surface area contributed by atoms with Crippen molar-refractivity contribution in [2.24, 2.45) is 5.92 Å². The third kappa shape index (κ3) is 9.04. The minimum atomic E-state index is -0.323. The van der Waals surface area contributed by atoms with E-state index in [4.69, 9.17) is 14.2 Å². The second kappa shape index (κ2) is 13.4. The molecule has 2 unspecified atom stereocenters. The van der Waals surface area contributed by atoms with Gasteiger partial charge in [0.15, 0.2) is 0 Å². The first-order valence-electron chi connectivity index (χ1n) is 9.73. The number of carbonyl (C=O) groups excluding carboxylic acids is 1. The molecule has 0 spiro atoms. The van der Waals surface area contributed by atoms with Crippen molar-refractivity contribution in [2.45, 2.75) is 59.0 Å². The van der Waals surface area contributed by atoms with Crippen LogP contribution in [0.2, 0.25) is 0 Å².